The van der Waals surface area contributed by atoms with Crippen LogP contribution in [0.4, 0.5) is 0 Å². The molecule has 0 unspecified atom stereocenters. The lowest BCUT2D eigenvalue weighted by atomic mass is 9.97. The molecule has 1 fully saturated rings. The zero-order valence-corrected chi connectivity index (χ0v) is 12.5. The Labute approximate surface area is 124 Å². The summed E-state index contributed by atoms with van der Waals surface area (Å²) in [5.74, 6) is 0.935. The van der Waals surface area contributed by atoms with Gasteiger partial charge in [0.2, 0.25) is 0 Å². The molecule has 0 aromatic heterocycles. The van der Waals surface area contributed by atoms with Gasteiger partial charge in [0.25, 0.3) is 0 Å². The molecule has 1 N–H and O–H groups in total. The molecular formula is C16H18ClN3. The summed E-state index contributed by atoms with van der Waals surface area (Å²) in [5.41, 5.74) is 4.76. The van der Waals surface area contributed by atoms with Gasteiger partial charge < -0.3 is 10.2 Å². The first-order valence-electron chi connectivity index (χ1n) is 6.86. The van der Waals surface area contributed by atoms with Crippen LogP contribution < -0.4 is 5.32 Å². The van der Waals surface area contributed by atoms with E-state index in [9.17, 15) is 0 Å². The lowest BCUT2D eigenvalue weighted by Gasteiger charge is -2.35. The molecule has 0 spiro atoms. The van der Waals surface area contributed by atoms with E-state index in [0.29, 0.717) is 0 Å². The van der Waals surface area contributed by atoms with Crippen molar-refractivity contribution in [3.8, 4) is 0 Å². The summed E-state index contributed by atoms with van der Waals surface area (Å²) in [6.45, 7) is 4.44. The van der Waals surface area contributed by atoms with Crippen LogP contribution in [-0.2, 0) is 0 Å². The summed E-state index contributed by atoms with van der Waals surface area (Å²) in [6, 6.07) is 7.96. The van der Waals surface area contributed by atoms with Crippen LogP contribution in [0.2, 0.25) is 5.02 Å². The molecule has 2 aliphatic heterocycles. The van der Waals surface area contributed by atoms with Crippen LogP contribution in [0.25, 0.3) is 5.57 Å². The van der Waals surface area contributed by atoms with Gasteiger partial charge in [-0.05, 0) is 31.0 Å². The molecule has 20 heavy (non-hydrogen) atoms. The van der Waals surface area contributed by atoms with E-state index < -0.39 is 0 Å². The Bertz CT molecular complexity index is 624. The smallest absolute Gasteiger partial charge is 0.134 e. The van der Waals surface area contributed by atoms with Crippen molar-refractivity contribution < 1.29 is 0 Å². The molecule has 2 aliphatic rings. The van der Waals surface area contributed by atoms with E-state index in [4.69, 9.17) is 11.6 Å². The average molecular weight is 288 g/mol. The molecule has 1 saturated heterocycles. The minimum Gasteiger partial charge on any atom is -0.374 e. The molecule has 0 saturated carbocycles. The van der Waals surface area contributed by atoms with Gasteiger partial charge in [-0.3, -0.25) is 4.99 Å². The Hall–Kier alpha value is -1.74. The monoisotopic (exact) mass is 287 g/mol. The fourth-order valence-corrected chi connectivity index (χ4v) is 2.84. The second kappa shape index (κ2) is 5.33. The Morgan fingerprint density at radius 3 is 2.75 bits per heavy atom. The molecule has 3 rings (SSSR count). The van der Waals surface area contributed by atoms with Crippen molar-refractivity contribution in [3.63, 3.8) is 0 Å². The average Bonchev–Trinajstić information content (AvgIpc) is 2.80. The van der Waals surface area contributed by atoms with Crippen molar-refractivity contribution in [2.75, 3.05) is 20.1 Å². The third-order valence-electron chi connectivity index (χ3n) is 3.91. The van der Waals surface area contributed by atoms with Gasteiger partial charge in [-0.1, -0.05) is 23.7 Å². The number of benzene rings is 1. The van der Waals surface area contributed by atoms with Crippen molar-refractivity contribution >= 4 is 23.0 Å². The molecule has 1 aromatic carbocycles. The normalized spacial score (nSPS) is 22.4. The number of amidine groups is 1. The third kappa shape index (κ3) is 2.22. The van der Waals surface area contributed by atoms with E-state index in [-0.39, 0.29) is 0 Å². The first-order chi connectivity index (χ1) is 9.70. The van der Waals surface area contributed by atoms with Crippen LogP contribution in [0.5, 0.6) is 0 Å². The van der Waals surface area contributed by atoms with Crippen LogP contribution in [-0.4, -0.2) is 30.9 Å². The van der Waals surface area contributed by atoms with Gasteiger partial charge in [-0.2, -0.15) is 0 Å². The number of rotatable bonds is 2. The van der Waals surface area contributed by atoms with Crippen LogP contribution >= 0.6 is 11.6 Å². The highest BCUT2D eigenvalue weighted by Crippen LogP contribution is 2.33. The van der Waals surface area contributed by atoms with E-state index in [1.54, 1.807) is 0 Å². The van der Waals surface area contributed by atoms with Gasteiger partial charge in [0.05, 0.1) is 0 Å². The second-order valence-corrected chi connectivity index (χ2v) is 5.52. The summed E-state index contributed by atoms with van der Waals surface area (Å²) in [7, 11) is 1.82. The van der Waals surface area contributed by atoms with Crippen LogP contribution in [0.15, 0.2) is 46.7 Å². The van der Waals surface area contributed by atoms with Crippen LogP contribution in [0, 0.1) is 0 Å². The Morgan fingerprint density at radius 1 is 1.35 bits per heavy atom. The highest BCUT2D eigenvalue weighted by Gasteiger charge is 2.26. The summed E-state index contributed by atoms with van der Waals surface area (Å²) in [4.78, 5) is 6.76. The van der Waals surface area contributed by atoms with Gasteiger partial charge >= 0.3 is 0 Å². The number of hydrogen-bond donors (Lipinski definition) is 1. The maximum absolute atomic E-state index is 6.12. The van der Waals surface area contributed by atoms with E-state index in [1.165, 1.54) is 17.7 Å². The van der Waals surface area contributed by atoms with Crippen molar-refractivity contribution in [3.05, 3.63) is 52.3 Å². The second-order valence-electron chi connectivity index (χ2n) is 5.09. The molecule has 4 heteroatoms. The predicted octanol–water partition coefficient (Wildman–Crippen LogP) is 3.29. The Balaban J connectivity index is 2.06. The van der Waals surface area contributed by atoms with Crippen molar-refractivity contribution in [2.45, 2.75) is 13.3 Å². The van der Waals surface area contributed by atoms with E-state index in [1.807, 2.05) is 31.4 Å². The Morgan fingerprint density at radius 2 is 2.15 bits per heavy atom. The fourth-order valence-electron chi connectivity index (χ4n) is 2.65. The maximum atomic E-state index is 6.12. The SMILES string of the molecule is CN=C1NC=C(c2cccc(Cl)c2)/C1=C(/C)N1CCC1. The van der Waals surface area contributed by atoms with Crippen molar-refractivity contribution in [1.82, 2.24) is 10.2 Å². The fraction of sp³-hybridized carbons (Fsp3) is 0.312. The van der Waals surface area contributed by atoms with Gasteiger partial charge in [0, 0.05) is 48.2 Å². The number of likely N-dealkylation sites (tertiary alicyclic amines) is 1. The van der Waals surface area contributed by atoms with Crippen molar-refractivity contribution in [1.29, 1.82) is 0 Å². The number of allylic oxidation sites excluding steroid dienone is 1. The quantitative estimate of drug-likeness (QED) is 0.904. The first-order valence-corrected chi connectivity index (χ1v) is 7.24. The number of hydrogen-bond acceptors (Lipinski definition) is 2. The summed E-state index contributed by atoms with van der Waals surface area (Å²) < 4.78 is 0. The standard InChI is InChI=1S/C16H18ClN3/c1-11(20-7-4-8-20)15-14(10-19-16(15)18-2)12-5-3-6-13(17)9-12/h3,5-6,9-10H,4,7-8H2,1-2H3,(H,18,19)/b15-11+. The highest BCUT2D eigenvalue weighted by molar-refractivity contribution is 6.31. The largest absolute Gasteiger partial charge is 0.374 e. The molecule has 104 valence electrons. The molecule has 2 heterocycles. The van der Waals surface area contributed by atoms with Crippen LogP contribution in [0.3, 0.4) is 0 Å². The lowest BCUT2D eigenvalue weighted by Crippen LogP contribution is -2.36. The van der Waals surface area contributed by atoms with Gasteiger partial charge in [0.15, 0.2) is 0 Å². The minimum absolute atomic E-state index is 0.756. The molecule has 0 radical (unpaired) electrons. The predicted molar refractivity (Wildman–Crippen MR) is 84.8 cm³/mol. The maximum Gasteiger partial charge on any atom is 0.134 e. The third-order valence-corrected chi connectivity index (χ3v) is 4.15. The summed E-state index contributed by atoms with van der Waals surface area (Å²) in [6.07, 6.45) is 3.29. The van der Waals surface area contributed by atoms with Crippen LogP contribution in [0.1, 0.15) is 18.9 Å². The lowest BCUT2D eigenvalue weighted by molar-refractivity contribution is 0.238. The van der Waals surface area contributed by atoms with E-state index >= 15 is 0 Å². The Kier molecular flexibility index (Phi) is 3.53. The molecule has 3 nitrogen and oxygen atoms in total. The van der Waals surface area contributed by atoms with E-state index in [0.717, 1.165) is 35.1 Å². The zero-order valence-electron chi connectivity index (χ0n) is 11.8. The first kappa shape index (κ1) is 13.3. The number of nitrogens with zero attached hydrogens (tertiary/aromatic N) is 2. The molecular weight excluding hydrogens is 270 g/mol. The van der Waals surface area contributed by atoms with E-state index in [2.05, 4.69) is 28.2 Å². The molecule has 1 aromatic rings. The highest BCUT2D eigenvalue weighted by atomic mass is 35.5. The summed E-state index contributed by atoms with van der Waals surface area (Å²) in [5, 5.41) is 4.02. The van der Waals surface area contributed by atoms with Gasteiger partial charge in [-0.15, -0.1) is 0 Å². The van der Waals surface area contributed by atoms with Crippen molar-refractivity contribution in [2.24, 2.45) is 4.99 Å². The zero-order chi connectivity index (χ0) is 14.1. The number of aliphatic imine (C=N–C) groups is 1. The summed E-state index contributed by atoms with van der Waals surface area (Å²) >= 11 is 6.12. The topological polar surface area (TPSA) is 27.6 Å². The molecule has 0 amide bonds. The minimum atomic E-state index is 0.756. The molecule has 0 atom stereocenters. The number of halogens is 1. The molecule has 0 aliphatic carbocycles. The van der Waals surface area contributed by atoms with Gasteiger partial charge in [0.1, 0.15) is 5.84 Å². The van der Waals surface area contributed by atoms with Gasteiger partial charge in [-0.25, -0.2) is 0 Å². The molecule has 0 bridgehead atoms. The number of nitrogens with one attached hydrogen (secondary N) is 1.